The van der Waals surface area contributed by atoms with Gasteiger partial charge in [-0.1, -0.05) is 24.4 Å². The van der Waals surface area contributed by atoms with Gasteiger partial charge in [0.05, 0.1) is 10.6 Å². The Kier molecular flexibility index (Phi) is 4.42. The van der Waals surface area contributed by atoms with Crippen molar-refractivity contribution in [2.24, 2.45) is 5.92 Å². The number of pyridine rings is 1. The number of amides is 1. The molecule has 18 heavy (non-hydrogen) atoms. The normalized spacial score (nSPS) is 14.3. The van der Waals surface area contributed by atoms with Gasteiger partial charge in [0.2, 0.25) is 0 Å². The molecule has 98 valence electrons. The average molecular weight is 268 g/mol. The fourth-order valence-corrected chi connectivity index (χ4v) is 1.97. The van der Waals surface area contributed by atoms with Gasteiger partial charge in [-0.15, -0.1) is 0 Å². The van der Waals surface area contributed by atoms with E-state index in [0.29, 0.717) is 16.4 Å². The molecule has 1 saturated carbocycles. The Balaban J connectivity index is 1.95. The van der Waals surface area contributed by atoms with Crippen molar-refractivity contribution >= 4 is 23.3 Å². The van der Waals surface area contributed by atoms with Gasteiger partial charge in [0.1, 0.15) is 5.82 Å². The molecule has 1 aliphatic carbocycles. The average Bonchev–Trinajstić information content (AvgIpc) is 3.16. The summed E-state index contributed by atoms with van der Waals surface area (Å²) in [4.78, 5) is 16.1. The van der Waals surface area contributed by atoms with Gasteiger partial charge in [0.15, 0.2) is 0 Å². The van der Waals surface area contributed by atoms with Crippen molar-refractivity contribution in [1.29, 1.82) is 0 Å². The van der Waals surface area contributed by atoms with Crippen LogP contribution in [-0.2, 0) is 0 Å². The molecule has 0 aliphatic heterocycles. The van der Waals surface area contributed by atoms with Gasteiger partial charge >= 0.3 is 0 Å². The zero-order chi connectivity index (χ0) is 13.0. The van der Waals surface area contributed by atoms with Crippen molar-refractivity contribution in [3.05, 3.63) is 22.8 Å². The highest BCUT2D eigenvalue weighted by molar-refractivity contribution is 6.33. The fraction of sp³-hybridized carbons (Fsp3) is 0.538. The second-order valence-electron chi connectivity index (χ2n) is 4.57. The first-order valence-electron chi connectivity index (χ1n) is 6.38. The van der Waals surface area contributed by atoms with Crippen molar-refractivity contribution in [1.82, 2.24) is 10.3 Å². The van der Waals surface area contributed by atoms with Crippen LogP contribution in [0.5, 0.6) is 0 Å². The van der Waals surface area contributed by atoms with Crippen molar-refractivity contribution in [2.45, 2.75) is 26.2 Å². The molecule has 0 aromatic carbocycles. The summed E-state index contributed by atoms with van der Waals surface area (Å²) in [5.41, 5.74) is 0.485. The van der Waals surface area contributed by atoms with Crippen molar-refractivity contribution in [3.63, 3.8) is 0 Å². The van der Waals surface area contributed by atoms with Crippen LogP contribution in [0.1, 0.15) is 36.5 Å². The van der Waals surface area contributed by atoms with Crippen molar-refractivity contribution in [3.8, 4) is 0 Å². The van der Waals surface area contributed by atoms with Gasteiger partial charge in [0.25, 0.3) is 5.91 Å². The lowest BCUT2D eigenvalue weighted by molar-refractivity contribution is 0.0953. The molecule has 1 amide bonds. The van der Waals surface area contributed by atoms with E-state index in [9.17, 15) is 4.79 Å². The molecule has 1 heterocycles. The maximum absolute atomic E-state index is 12.0. The second kappa shape index (κ2) is 6.05. The minimum atomic E-state index is -0.123. The number of nitrogens with one attached hydrogen (secondary N) is 2. The SMILES string of the molecule is CCNc1cc(C(=O)NCCC2CC2)c(Cl)cn1. The first-order chi connectivity index (χ1) is 8.70. The van der Waals surface area contributed by atoms with E-state index in [0.717, 1.165) is 25.4 Å². The Labute approximate surface area is 112 Å². The standard InChI is InChI=1S/C13H18ClN3O/c1-2-15-12-7-10(11(14)8-17-12)13(18)16-6-5-9-3-4-9/h7-9H,2-6H2,1H3,(H,15,17)(H,16,18). The summed E-state index contributed by atoms with van der Waals surface area (Å²) in [6.45, 7) is 3.46. The summed E-state index contributed by atoms with van der Waals surface area (Å²) >= 11 is 5.99. The highest BCUT2D eigenvalue weighted by Gasteiger charge is 2.21. The lowest BCUT2D eigenvalue weighted by Gasteiger charge is -2.08. The van der Waals surface area contributed by atoms with Crippen molar-refractivity contribution < 1.29 is 4.79 Å². The summed E-state index contributed by atoms with van der Waals surface area (Å²) in [6, 6.07) is 1.69. The first-order valence-corrected chi connectivity index (χ1v) is 6.76. The molecule has 0 bridgehead atoms. The number of hydrogen-bond acceptors (Lipinski definition) is 3. The fourth-order valence-electron chi connectivity index (χ4n) is 1.78. The summed E-state index contributed by atoms with van der Waals surface area (Å²) < 4.78 is 0. The number of carbonyl (C=O) groups is 1. The minimum Gasteiger partial charge on any atom is -0.370 e. The molecule has 0 unspecified atom stereocenters. The van der Waals surface area contributed by atoms with Crippen LogP contribution in [-0.4, -0.2) is 24.0 Å². The monoisotopic (exact) mass is 267 g/mol. The van der Waals surface area contributed by atoms with E-state index in [2.05, 4.69) is 15.6 Å². The van der Waals surface area contributed by atoms with E-state index < -0.39 is 0 Å². The summed E-state index contributed by atoms with van der Waals surface area (Å²) in [6.07, 6.45) is 5.18. The molecule has 0 saturated heterocycles. The van der Waals surface area contributed by atoms with Gasteiger partial charge in [-0.05, 0) is 25.3 Å². The number of nitrogens with zero attached hydrogens (tertiary/aromatic N) is 1. The Morgan fingerprint density at radius 3 is 3.00 bits per heavy atom. The molecule has 4 nitrogen and oxygen atoms in total. The number of halogens is 1. The maximum atomic E-state index is 12.0. The Morgan fingerprint density at radius 2 is 2.33 bits per heavy atom. The quantitative estimate of drug-likeness (QED) is 0.833. The highest BCUT2D eigenvalue weighted by Crippen LogP contribution is 2.31. The molecule has 2 rings (SSSR count). The number of anilines is 1. The summed E-state index contributed by atoms with van der Waals surface area (Å²) in [7, 11) is 0. The van der Waals surface area contributed by atoms with Crippen LogP contribution in [0, 0.1) is 5.92 Å². The third-order valence-electron chi connectivity index (χ3n) is 2.99. The molecule has 0 spiro atoms. The highest BCUT2D eigenvalue weighted by atomic mass is 35.5. The summed E-state index contributed by atoms with van der Waals surface area (Å²) in [5, 5.41) is 6.36. The lowest BCUT2D eigenvalue weighted by Crippen LogP contribution is -2.25. The van der Waals surface area contributed by atoms with Gasteiger partial charge in [-0.2, -0.15) is 0 Å². The molecular formula is C13H18ClN3O. The zero-order valence-corrected chi connectivity index (χ0v) is 11.3. The molecule has 0 atom stereocenters. The number of rotatable bonds is 6. The van der Waals surface area contributed by atoms with Gasteiger partial charge in [-0.3, -0.25) is 4.79 Å². The predicted octanol–water partition coefficient (Wildman–Crippen LogP) is 2.70. The molecule has 1 fully saturated rings. The van der Waals surface area contributed by atoms with Gasteiger partial charge in [-0.25, -0.2) is 4.98 Å². The molecule has 5 heteroatoms. The van der Waals surface area contributed by atoms with Crippen LogP contribution < -0.4 is 10.6 Å². The topological polar surface area (TPSA) is 54.0 Å². The second-order valence-corrected chi connectivity index (χ2v) is 4.97. The zero-order valence-electron chi connectivity index (χ0n) is 10.5. The van der Waals surface area contributed by atoms with Gasteiger partial charge in [0, 0.05) is 19.3 Å². The Morgan fingerprint density at radius 1 is 1.56 bits per heavy atom. The molecular weight excluding hydrogens is 250 g/mol. The third kappa shape index (κ3) is 3.60. The summed E-state index contributed by atoms with van der Waals surface area (Å²) in [5.74, 6) is 1.37. The number of carbonyl (C=O) groups excluding carboxylic acids is 1. The van der Waals surface area contributed by atoms with Crippen LogP contribution in [0.2, 0.25) is 5.02 Å². The molecule has 2 N–H and O–H groups in total. The Bertz CT molecular complexity index is 432. The van der Waals surface area contributed by atoms with Crippen LogP contribution >= 0.6 is 11.6 Å². The molecule has 1 aliphatic rings. The van der Waals surface area contributed by atoms with Crippen LogP contribution in [0.3, 0.4) is 0 Å². The van der Waals surface area contributed by atoms with Crippen LogP contribution in [0.25, 0.3) is 0 Å². The van der Waals surface area contributed by atoms with E-state index in [1.54, 1.807) is 6.07 Å². The van der Waals surface area contributed by atoms with E-state index in [1.165, 1.54) is 19.0 Å². The smallest absolute Gasteiger partial charge is 0.252 e. The van der Waals surface area contributed by atoms with E-state index >= 15 is 0 Å². The third-order valence-corrected chi connectivity index (χ3v) is 3.29. The number of hydrogen-bond donors (Lipinski definition) is 2. The van der Waals surface area contributed by atoms with Crippen LogP contribution in [0.4, 0.5) is 5.82 Å². The molecule has 1 aromatic heterocycles. The van der Waals surface area contributed by atoms with E-state index in [1.807, 2.05) is 6.92 Å². The van der Waals surface area contributed by atoms with E-state index in [-0.39, 0.29) is 5.91 Å². The maximum Gasteiger partial charge on any atom is 0.252 e. The molecule has 0 radical (unpaired) electrons. The van der Waals surface area contributed by atoms with Crippen molar-refractivity contribution in [2.75, 3.05) is 18.4 Å². The molecule has 1 aromatic rings. The first kappa shape index (κ1) is 13.1. The minimum absolute atomic E-state index is 0.123. The predicted molar refractivity (Wildman–Crippen MR) is 73.1 cm³/mol. The number of aromatic nitrogens is 1. The van der Waals surface area contributed by atoms with E-state index in [4.69, 9.17) is 11.6 Å². The lowest BCUT2D eigenvalue weighted by atomic mass is 10.2. The largest absolute Gasteiger partial charge is 0.370 e. The van der Waals surface area contributed by atoms with Crippen LogP contribution in [0.15, 0.2) is 12.3 Å². The Hall–Kier alpha value is -1.29. The van der Waals surface area contributed by atoms with Gasteiger partial charge < -0.3 is 10.6 Å².